The Morgan fingerprint density at radius 1 is 1.19 bits per heavy atom. The monoisotopic (exact) mass is 535 g/mol. The molecule has 8 heteroatoms. The largest absolute Gasteiger partial charge is 0.483 e. The number of nitrogens with one attached hydrogen (secondary N) is 1. The minimum absolute atomic E-state index is 0.205. The zero-order chi connectivity index (χ0) is 23.4. The molecule has 2 aromatic carbocycles. The number of benzene rings is 2. The number of methoxy groups -OCH3 is 1. The highest BCUT2D eigenvalue weighted by molar-refractivity contribution is 9.10. The Morgan fingerprint density at radius 3 is 2.56 bits per heavy atom. The van der Waals surface area contributed by atoms with Crippen molar-refractivity contribution in [2.45, 2.75) is 26.7 Å². The van der Waals surface area contributed by atoms with Crippen LogP contribution in [0.4, 0.5) is 5.00 Å². The predicted molar refractivity (Wildman–Crippen MR) is 133 cm³/mol. The van der Waals surface area contributed by atoms with Gasteiger partial charge in [-0.25, -0.2) is 4.79 Å². The van der Waals surface area contributed by atoms with Crippen LogP contribution in [0.1, 0.15) is 40.6 Å². The molecular formula is C24H23BrClNO4S. The van der Waals surface area contributed by atoms with Crippen LogP contribution in [0.5, 0.6) is 5.75 Å². The molecule has 0 saturated carbocycles. The van der Waals surface area contributed by atoms with Gasteiger partial charge in [0.15, 0.2) is 6.61 Å². The average Bonchev–Trinajstić information content (AvgIpc) is 3.07. The first kappa shape index (κ1) is 24.3. The SMILES string of the molecule is COC(=O)c1c(NC(=O)COc2ccc(C(C)C)cc2Br)sc(C)c1-c1cccc(Cl)c1. The highest BCUT2D eigenvalue weighted by Crippen LogP contribution is 2.41. The van der Waals surface area contributed by atoms with Crippen molar-refractivity contribution in [1.82, 2.24) is 0 Å². The van der Waals surface area contributed by atoms with Crippen LogP contribution in [0, 0.1) is 6.92 Å². The van der Waals surface area contributed by atoms with Gasteiger partial charge in [-0.3, -0.25) is 4.79 Å². The van der Waals surface area contributed by atoms with Crippen molar-refractivity contribution in [3.63, 3.8) is 0 Å². The Labute approximate surface area is 204 Å². The van der Waals surface area contributed by atoms with Crippen LogP contribution in [0.15, 0.2) is 46.9 Å². The quantitative estimate of drug-likeness (QED) is 0.328. The van der Waals surface area contributed by atoms with Crippen molar-refractivity contribution in [1.29, 1.82) is 0 Å². The van der Waals surface area contributed by atoms with Crippen molar-refractivity contribution >= 4 is 55.7 Å². The smallest absolute Gasteiger partial charge is 0.341 e. The molecule has 3 aromatic rings. The van der Waals surface area contributed by atoms with Crippen LogP contribution >= 0.6 is 38.9 Å². The maximum Gasteiger partial charge on any atom is 0.341 e. The van der Waals surface area contributed by atoms with Gasteiger partial charge in [-0.1, -0.05) is 43.6 Å². The first-order valence-corrected chi connectivity index (χ1v) is 11.9. The molecule has 1 heterocycles. The number of hydrogen-bond donors (Lipinski definition) is 1. The molecule has 0 saturated heterocycles. The molecule has 1 aromatic heterocycles. The summed E-state index contributed by atoms with van der Waals surface area (Å²) < 4.78 is 11.4. The number of esters is 1. The molecule has 0 spiro atoms. The molecule has 0 unspecified atom stereocenters. The lowest BCUT2D eigenvalue weighted by molar-refractivity contribution is -0.118. The summed E-state index contributed by atoms with van der Waals surface area (Å²) in [6.45, 7) is 5.89. The standard InChI is InChI=1S/C24H23BrClNO4S/c1-13(2)15-8-9-19(18(25)11-15)31-12-20(28)27-23-22(24(29)30-4)21(14(3)32-23)16-6-5-7-17(26)10-16/h5-11,13H,12H2,1-4H3,(H,27,28). The van der Waals surface area contributed by atoms with Crippen LogP contribution in [-0.4, -0.2) is 25.6 Å². The fraction of sp³-hybridized carbons (Fsp3) is 0.250. The highest BCUT2D eigenvalue weighted by Gasteiger charge is 2.25. The van der Waals surface area contributed by atoms with Crippen LogP contribution in [0.3, 0.4) is 0 Å². The summed E-state index contributed by atoms with van der Waals surface area (Å²) in [5.41, 5.74) is 2.93. The van der Waals surface area contributed by atoms with E-state index >= 15 is 0 Å². The Balaban J connectivity index is 1.82. The zero-order valence-electron chi connectivity index (χ0n) is 18.1. The van der Waals surface area contributed by atoms with E-state index in [9.17, 15) is 9.59 Å². The van der Waals surface area contributed by atoms with Gasteiger partial charge in [0.25, 0.3) is 5.91 Å². The molecule has 0 atom stereocenters. The summed E-state index contributed by atoms with van der Waals surface area (Å²) >= 11 is 10.9. The first-order chi connectivity index (χ1) is 15.2. The number of carbonyl (C=O) groups is 2. The van der Waals surface area contributed by atoms with Gasteiger partial charge in [0.1, 0.15) is 16.3 Å². The summed E-state index contributed by atoms with van der Waals surface area (Å²) in [4.78, 5) is 26.1. The number of hydrogen-bond acceptors (Lipinski definition) is 5. The van der Waals surface area contributed by atoms with Crippen LogP contribution < -0.4 is 10.1 Å². The predicted octanol–water partition coefficient (Wildman–Crippen LogP) is 7.07. The molecule has 3 rings (SSSR count). The maximum atomic E-state index is 12.6. The van der Waals surface area contributed by atoms with Crippen molar-refractivity contribution in [2.24, 2.45) is 0 Å². The maximum absolute atomic E-state index is 12.6. The fourth-order valence-electron chi connectivity index (χ4n) is 3.22. The third-order valence-corrected chi connectivity index (χ3v) is 6.70. The van der Waals surface area contributed by atoms with Crippen LogP contribution in [0.2, 0.25) is 5.02 Å². The van der Waals surface area contributed by atoms with E-state index in [1.807, 2.05) is 37.3 Å². The number of aryl methyl sites for hydroxylation is 1. The van der Waals surface area contributed by atoms with Gasteiger partial charge in [-0.05, 0) is 64.2 Å². The van der Waals surface area contributed by atoms with E-state index in [1.165, 1.54) is 24.0 Å². The number of anilines is 1. The Kier molecular flexibility index (Phi) is 7.98. The lowest BCUT2D eigenvalue weighted by atomic mass is 10.0. The second kappa shape index (κ2) is 10.5. The number of halogens is 2. The van der Waals surface area contributed by atoms with E-state index in [1.54, 1.807) is 12.1 Å². The summed E-state index contributed by atoms with van der Waals surface area (Å²) in [5, 5.41) is 3.76. The van der Waals surface area contributed by atoms with E-state index in [0.717, 1.165) is 14.9 Å². The average molecular weight is 537 g/mol. The molecule has 0 aliphatic carbocycles. The van der Waals surface area contributed by atoms with Gasteiger partial charge in [-0.2, -0.15) is 0 Å². The lowest BCUT2D eigenvalue weighted by Gasteiger charge is -2.12. The van der Waals surface area contributed by atoms with E-state index in [-0.39, 0.29) is 12.5 Å². The zero-order valence-corrected chi connectivity index (χ0v) is 21.3. The van der Waals surface area contributed by atoms with Gasteiger partial charge in [0.2, 0.25) is 0 Å². The molecule has 0 aliphatic rings. The molecule has 1 amide bonds. The third kappa shape index (κ3) is 5.52. The molecule has 5 nitrogen and oxygen atoms in total. The first-order valence-electron chi connectivity index (χ1n) is 9.91. The summed E-state index contributed by atoms with van der Waals surface area (Å²) in [5.74, 6) is 0.0392. The van der Waals surface area contributed by atoms with Crippen LogP contribution in [-0.2, 0) is 9.53 Å². The van der Waals surface area contributed by atoms with Gasteiger partial charge >= 0.3 is 5.97 Å². The van der Waals surface area contributed by atoms with Crippen molar-refractivity contribution in [2.75, 3.05) is 19.0 Å². The Hall–Kier alpha value is -2.35. The van der Waals surface area contributed by atoms with Crippen LogP contribution in [0.25, 0.3) is 11.1 Å². The molecule has 0 bridgehead atoms. The molecule has 168 valence electrons. The lowest BCUT2D eigenvalue weighted by Crippen LogP contribution is -2.21. The van der Waals surface area contributed by atoms with Crippen molar-refractivity contribution in [3.8, 4) is 16.9 Å². The molecular weight excluding hydrogens is 514 g/mol. The topological polar surface area (TPSA) is 64.6 Å². The van der Waals surface area contributed by atoms with Gasteiger partial charge in [0, 0.05) is 15.5 Å². The second-order valence-corrected chi connectivity index (χ2v) is 9.94. The summed E-state index contributed by atoms with van der Waals surface area (Å²) in [7, 11) is 1.31. The highest BCUT2D eigenvalue weighted by atomic mass is 79.9. The molecule has 0 fully saturated rings. The minimum atomic E-state index is -0.535. The number of ether oxygens (including phenoxy) is 2. The van der Waals surface area contributed by atoms with Gasteiger partial charge < -0.3 is 14.8 Å². The summed E-state index contributed by atoms with van der Waals surface area (Å²) in [6.07, 6.45) is 0. The number of carbonyl (C=O) groups excluding carboxylic acids is 2. The normalized spacial score (nSPS) is 10.8. The van der Waals surface area contributed by atoms with E-state index < -0.39 is 5.97 Å². The number of thiophene rings is 1. The fourth-order valence-corrected chi connectivity index (χ4v) is 5.00. The molecule has 1 N–H and O–H groups in total. The van der Waals surface area contributed by atoms with E-state index in [2.05, 4.69) is 35.1 Å². The Bertz CT molecular complexity index is 1160. The molecule has 0 aliphatic heterocycles. The minimum Gasteiger partial charge on any atom is -0.483 e. The second-order valence-electron chi connectivity index (χ2n) is 7.42. The Morgan fingerprint density at radius 2 is 1.94 bits per heavy atom. The van der Waals surface area contributed by atoms with E-state index in [0.29, 0.717) is 32.8 Å². The summed E-state index contributed by atoms with van der Waals surface area (Å²) in [6, 6.07) is 13.0. The van der Waals surface area contributed by atoms with E-state index in [4.69, 9.17) is 21.1 Å². The molecule has 0 radical (unpaired) electrons. The van der Waals surface area contributed by atoms with Gasteiger partial charge in [-0.15, -0.1) is 11.3 Å². The molecule has 32 heavy (non-hydrogen) atoms. The number of rotatable bonds is 7. The van der Waals surface area contributed by atoms with Gasteiger partial charge in [0.05, 0.1) is 11.6 Å². The number of amides is 1. The van der Waals surface area contributed by atoms with Crippen molar-refractivity contribution < 1.29 is 19.1 Å². The van der Waals surface area contributed by atoms with Crippen molar-refractivity contribution in [3.05, 3.63) is 68.0 Å². The third-order valence-electron chi connectivity index (χ3n) is 4.82.